The van der Waals surface area contributed by atoms with E-state index in [0.29, 0.717) is 17.0 Å². The van der Waals surface area contributed by atoms with Crippen LogP contribution in [0.25, 0.3) is 10.4 Å². The van der Waals surface area contributed by atoms with Crippen LogP contribution >= 0.6 is 11.3 Å². The van der Waals surface area contributed by atoms with Gasteiger partial charge in [-0.2, -0.15) is 0 Å². The van der Waals surface area contributed by atoms with Gasteiger partial charge in [-0.15, -0.1) is 11.3 Å². The van der Waals surface area contributed by atoms with E-state index in [1.807, 2.05) is 19.1 Å². The van der Waals surface area contributed by atoms with Crippen LogP contribution in [0, 0.1) is 6.92 Å². The molecule has 3 N–H and O–H groups in total. The van der Waals surface area contributed by atoms with Crippen molar-refractivity contribution in [1.29, 1.82) is 0 Å². The lowest BCUT2D eigenvalue weighted by molar-refractivity contribution is -0.115. The van der Waals surface area contributed by atoms with Gasteiger partial charge in [0.2, 0.25) is 5.91 Å². The summed E-state index contributed by atoms with van der Waals surface area (Å²) in [6, 6.07) is 3.71. The number of anilines is 1. The highest BCUT2D eigenvalue weighted by Gasteiger charge is 2.21. The van der Waals surface area contributed by atoms with Crippen LogP contribution in [0.2, 0.25) is 0 Å². The SMILES string of the molecule is CCC(=O)Nc1sc(-c2ccncc2)c(C)c1C(N)=O. The Morgan fingerprint density at radius 1 is 1.35 bits per heavy atom. The van der Waals surface area contributed by atoms with Crippen molar-refractivity contribution in [2.75, 3.05) is 5.32 Å². The number of aromatic nitrogens is 1. The minimum absolute atomic E-state index is 0.143. The van der Waals surface area contributed by atoms with Crippen LogP contribution in [-0.4, -0.2) is 16.8 Å². The van der Waals surface area contributed by atoms with Crippen LogP contribution in [0.3, 0.4) is 0 Å². The first-order valence-electron chi connectivity index (χ1n) is 6.18. The van der Waals surface area contributed by atoms with E-state index < -0.39 is 5.91 Å². The Balaban J connectivity index is 2.53. The Kier molecular flexibility index (Phi) is 4.14. The van der Waals surface area contributed by atoms with E-state index in [1.165, 1.54) is 11.3 Å². The zero-order valence-electron chi connectivity index (χ0n) is 11.3. The molecule has 104 valence electrons. The van der Waals surface area contributed by atoms with Crippen LogP contribution in [0.5, 0.6) is 0 Å². The van der Waals surface area contributed by atoms with Crippen molar-refractivity contribution in [2.24, 2.45) is 5.73 Å². The smallest absolute Gasteiger partial charge is 0.251 e. The number of hydrogen-bond acceptors (Lipinski definition) is 4. The third-order valence-electron chi connectivity index (χ3n) is 2.91. The molecule has 0 spiro atoms. The summed E-state index contributed by atoms with van der Waals surface area (Å²) in [5.74, 6) is -0.680. The highest BCUT2D eigenvalue weighted by atomic mass is 32.1. The maximum atomic E-state index is 11.6. The third kappa shape index (κ3) is 2.70. The van der Waals surface area contributed by atoms with Crippen molar-refractivity contribution >= 4 is 28.2 Å². The summed E-state index contributed by atoms with van der Waals surface area (Å²) in [6.07, 6.45) is 3.71. The number of thiophene rings is 1. The standard InChI is InChI=1S/C14H15N3O2S/c1-3-10(18)17-14-11(13(15)19)8(2)12(20-14)9-4-6-16-7-5-9/h4-7H,3H2,1-2H3,(H2,15,19)(H,17,18). The number of nitrogens with zero attached hydrogens (tertiary/aromatic N) is 1. The maximum Gasteiger partial charge on any atom is 0.251 e. The molecule has 0 saturated carbocycles. The Morgan fingerprint density at radius 2 is 2.00 bits per heavy atom. The van der Waals surface area contributed by atoms with Gasteiger partial charge in [-0.05, 0) is 30.2 Å². The summed E-state index contributed by atoms with van der Waals surface area (Å²) in [4.78, 5) is 28.0. The molecule has 0 unspecified atom stereocenters. The highest BCUT2D eigenvalue weighted by Crippen LogP contribution is 2.39. The summed E-state index contributed by atoms with van der Waals surface area (Å²) in [7, 11) is 0. The van der Waals surface area contributed by atoms with Gasteiger partial charge in [0.15, 0.2) is 0 Å². The van der Waals surface area contributed by atoms with Crippen LogP contribution in [0.15, 0.2) is 24.5 Å². The molecule has 2 rings (SSSR count). The minimum Gasteiger partial charge on any atom is -0.365 e. The van der Waals surface area contributed by atoms with E-state index in [0.717, 1.165) is 16.0 Å². The number of carbonyl (C=O) groups excluding carboxylic acids is 2. The monoisotopic (exact) mass is 289 g/mol. The molecule has 5 nitrogen and oxygen atoms in total. The van der Waals surface area contributed by atoms with Gasteiger partial charge in [-0.25, -0.2) is 0 Å². The molecular weight excluding hydrogens is 274 g/mol. The molecule has 2 aromatic rings. The molecule has 0 radical (unpaired) electrons. The molecule has 0 bridgehead atoms. The maximum absolute atomic E-state index is 11.6. The molecule has 0 saturated heterocycles. The molecule has 2 amide bonds. The van der Waals surface area contributed by atoms with Crippen molar-refractivity contribution in [3.8, 4) is 10.4 Å². The molecule has 2 aromatic heterocycles. The van der Waals surface area contributed by atoms with Crippen molar-refractivity contribution in [1.82, 2.24) is 4.98 Å². The Hall–Kier alpha value is -2.21. The van der Waals surface area contributed by atoms with Crippen LogP contribution in [-0.2, 0) is 4.79 Å². The lowest BCUT2D eigenvalue weighted by Gasteiger charge is -2.02. The third-order valence-corrected chi connectivity index (χ3v) is 4.17. The molecule has 2 heterocycles. The van der Waals surface area contributed by atoms with Gasteiger partial charge in [0.25, 0.3) is 5.91 Å². The first-order valence-corrected chi connectivity index (χ1v) is 6.99. The van der Waals surface area contributed by atoms with Gasteiger partial charge in [0, 0.05) is 23.7 Å². The van der Waals surface area contributed by atoms with E-state index in [4.69, 9.17) is 5.73 Å². The largest absolute Gasteiger partial charge is 0.365 e. The average molecular weight is 289 g/mol. The average Bonchev–Trinajstić information content (AvgIpc) is 2.76. The van der Waals surface area contributed by atoms with Gasteiger partial charge in [0.1, 0.15) is 5.00 Å². The summed E-state index contributed by atoms with van der Waals surface area (Å²) in [6.45, 7) is 3.58. The molecule has 0 aliphatic carbocycles. The first kappa shape index (κ1) is 14.2. The fourth-order valence-corrected chi connectivity index (χ4v) is 3.13. The highest BCUT2D eigenvalue weighted by molar-refractivity contribution is 7.20. The van der Waals surface area contributed by atoms with E-state index in [9.17, 15) is 9.59 Å². The topological polar surface area (TPSA) is 85.1 Å². The molecule has 0 atom stereocenters. The van der Waals surface area contributed by atoms with Gasteiger partial charge in [-0.3, -0.25) is 14.6 Å². The number of rotatable bonds is 4. The van der Waals surface area contributed by atoms with Crippen molar-refractivity contribution in [3.05, 3.63) is 35.7 Å². The number of nitrogens with two attached hydrogens (primary N) is 1. The molecule has 0 aliphatic heterocycles. The normalized spacial score (nSPS) is 10.3. The zero-order valence-corrected chi connectivity index (χ0v) is 12.1. The predicted octanol–water partition coefficient (Wildman–Crippen LogP) is 2.57. The van der Waals surface area contributed by atoms with Gasteiger partial charge in [-0.1, -0.05) is 6.92 Å². The van der Waals surface area contributed by atoms with Crippen molar-refractivity contribution < 1.29 is 9.59 Å². The molecule has 0 aliphatic rings. The molecule has 0 fully saturated rings. The molecule has 6 heteroatoms. The Labute approximate surface area is 120 Å². The lowest BCUT2D eigenvalue weighted by atomic mass is 10.1. The van der Waals surface area contributed by atoms with Crippen LogP contribution in [0.4, 0.5) is 5.00 Å². The number of amides is 2. The van der Waals surface area contributed by atoms with Crippen LogP contribution in [0.1, 0.15) is 29.3 Å². The van der Waals surface area contributed by atoms with E-state index in [-0.39, 0.29) is 5.91 Å². The zero-order chi connectivity index (χ0) is 14.7. The number of nitrogens with one attached hydrogen (secondary N) is 1. The fourth-order valence-electron chi connectivity index (χ4n) is 1.89. The van der Waals surface area contributed by atoms with E-state index in [1.54, 1.807) is 19.3 Å². The lowest BCUT2D eigenvalue weighted by Crippen LogP contribution is -2.16. The first-order chi connectivity index (χ1) is 9.54. The van der Waals surface area contributed by atoms with Gasteiger partial charge < -0.3 is 11.1 Å². The van der Waals surface area contributed by atoms with Gasteiger partial charge in [0.05, 0.1) is 5.56 Å². The fraction of sp³-hybridized carbons (Fsp3) is 0.214. The number of carbonyl (C=O) groups is 2. The molecular formula is C14H15N3O2S. The van der Waals surface area contributed by atoms with Crippen molar-refractivity contribution in [2.45, 2.75) is 20.3 Å². The summed E-state index contributed by atoms with van der Waals surface area (Å²) in [5, 5.41) is 3.24. The number of primary amides is 1. The molecule has 0 aromatic carbocycles. The van der Waals surface area contributed by atoms with Gasteiger partial charge >= 0.3 is 0 Å². The predicted molar refractivity (Wildman–Crippen MR) is 79.7 cm³/mol. The number of pyridine rings is 1. The second-order valence-corrected chi connectivity index (χ2v) is 5.28. The van der Waals surface area contributed by atoms with E-state index in [2.05, 4.69) is 10.3 Å². The summed E-state index contributed by atoms with van der Waals surface area (Å²) < 4.78 is 0. The summed E-state index contributed by atoms with van der Waals surface area (Å²) in [5.41, 5.74) is 7.53. The Bertz CT molecular complexity index is 650. The quantitative estimate of drug-likeness (QED) is 0.907. The van der Waals surface area contributed by atoms with Crippen LogP contribution < -0.4 is 11.1 Å². The summed E-state index contributed by atoms with van der Waals surface area (Å²) >= 11 is 1.35. The minimum atomic E-state index is -0.537. The second kappa shape index (κ2) is 5.83. The van der Waals surface area contributed by atoms with E-state index >= 15 is 0 Å². The number of hydrogen-bond donors (Lipinski definition) is 2. The van der Waals surface area contributed by atoms with Crippen molar-refractivity contribution in [3.63, 3.8) is 0 Å². The second-order valence-electron chi connectivity index (χ2n) is 4.26. The molecule has 20 heavy (non-hydrogen) atoms. The Morgan fingerprint density at radius 3 is 2.55 bits per heavy atom.